The summed E-state index contributed by atoms with van der Waals surface area (Å²) in [6.07, 6.45) is 3.15. The van der Waals surface area contributed by atoms with Crippen LogP contribution in [0.3, 0.4) is 0 Å². The first kappa shape index (κ1) is 30.1. The summed E-state index contributed by atoms with van der Waals surface area (Å²) < 4.78 is 18.0. The number of rotatable bonds is 12. The summed E-state index contributed by atoms with van der Waals surface area (Å²) in [5, 5.41) is 12.3. The lowest BCUT2D eigenvalue weighted by atomic mass is 10.1. The molecule has 4 aromatic carbocycles. The van der Waals surface area contributed by atoms with E-state index < -0.39 is 0 Å². The van der Waals surface area contributed by atoms with E-state index in [1.165, 1.54) is 39.2 Å². The number of para-hydroxylation sites is 1. The van der Waals surface area contributed by atoms with E-state index in [1.54, 1.807) is 42.5 Å². The van der Waals surface area contributed by atoms with E-state index in [0.29, 0.717) is 45.0 Å². The maximum atomic E-state index is 12.8. The Balaban J connectivity index is 1.23. The van der Waals surface area contributed by atoms with Crippen LogP contribution >= 0.6 is 11.8 Å². The number of anilines is 1. The number of hydrogen-bond donors (Lipinski definition) is 1. The molecule has 44 heavy (non-hydrogen) atoms. The van der Waals surface area contributed by atoms with E-state index in [4.69, 9.17) is 14.2 Å². The van der Waals surface area contributed by atoms with E-state index in [0.717, 1.165) is 11.3 Å². The van der Waals surface area contributed by atoms with Gasteiger partial charge in [-0.2, -0.15) is 0 Å². The van der Waals surface area contributed by atoms with E-state index >= 15 is 0 Å². The zero-order valence-electron chi connectivity index (χ0n) is 24.4. The molecule has 222 valence electrons. The molecule has 0 aliphatic heterocycles. The molecule has 1 heterocycles. The van der Waals surface area contributed by atoms with E-state index in [1.807, 2.05) is 65.2 Å². The van der Waals surface area contributed by atoms with Crippen molar-refractivity contribution in [1.29, 1.82) is 0 Å². The Labute approximate surface area is 259 Å². The number of thioether (sulfide) groups is 1. The van der Waals surface area contributed by atoms with Gasteiger partial charge in [0.1, 0.15) is 0 Å². The fraction of sp³-hybridized carbons (Fsp3) is 0.118. The van der Waals surface area contributed by atoms with Gasteiger partial charge in [0.15, 0.2) is 28.3 Å². The number of ketones is 1. The molecule has 1 aromatic heterocycles. The van der Waals surface area contributed by atoms with Crippen LogP contribution in [0.4, 0.5) is 5.69 Å². The third-order valence-corrected chi connectivity index (χ3v) is 7.51. The normalized spacial score (nSPS) is 10.9. The lowest BCUT2D eigenvalue weighted by molar-refractivity contribution is -0.113. The van der Waals surface area contributed by atoms with Crippen molar-refractivity contribution in [3.05, 3.63) is 114 Å². The van der Waals surface area contributed by atoms with Crippen molar-refractivity contribution in [2.75, 3.05) is 32.4 Å². The average Bonchev–Trinajstić information content (AvgIpc) is 3.51. The maximum absolute atomic E-state index is 12.8. The highest BCUT2D eigenvalue weighted by molar-refractivity contribution is 7.99. The van der Waals surface area contributed by atoms with Crippen LogP contribution < -0.4 is 19.5 Å². The van der Waals surface area contributed by atoms with E-state index in [-0.39, 0.29) is 17.4 Å². The van der Waals surface area contributed by atoms with Crippen molar-refractivity contribution in [2.45, 2.75) is 5.16 Å². The lowest BCUT2D eigenvalue weighted by Crippen LogP contribution is -2.14. The van der Waals surface area contributed by atoms with Gasteiger partial charge >= 0.3 is 0 Å². The van der Waals surface area contributed by atoms with E-state index in [2.05, 4.69) is 15.5 Å². The monoisotopic (exact) mass is 606 g/mol. The molecule has 9 nitrogen and oxygen atoms in total. The average molecular weight is 607 g/mol. The minimum Gasteiger partial charge on any atom is -0.493 e. The molecule has 0 radical (unpaired) electrons. The molecule has 0 aliphatic rings. The third kappa shape index (κ3) is 6.99. The highest BCUT2D eigenvalue weighted by Gasteiger charge is 2.17. The number of nitrogens with one attached hydrogen (secondary N) is 1. The predicted octanol–water partition coefficient (Wildman–Crippen LogP) is 6.59. The second-order valence-corrected chi connectivity index (χ2v) is 10.4. The minimum absolute atomic E-state index is 0.123. The first-order valence-corrected chi connectivity index (χ1v) is 14.6. The number of carbonyl (C=O) groups excluding carboxylic acids is 2. The molecular weight excluding hydrogens is 576 g/mol. The van der Waals surface area contributed by atoms with Gasteiger partial charge in [-0.3, -0.25) is 14.2 Å². The molecule has 0 unspecified atom stereocenters. The molecular formula is C34H30N4O5S. The van der Waals surface area contributed by atoms with Crippen LogP contribution in [0.2, 0.25) is 0 Å². The lowest BCUT2D eigenvalue weighted by Gasteiger charge is -2.12. The van der Waals surface area contributed by atoms with Crippen molar-refractivity contribution in [2.24, 2.45) is 0 Å². The molecule has 1 N–H and O–H groups in total. The summed E-state index contributed by atoms with van der Waals surface area (Å²) in [6.45, 7) is 0. The quantitative estimate of drug-likeness (QED) is 0.0964. The van der Waals surface area contributed by atoms with Gasteiger partial charge in [-0.25, -0.2) is 0 Å². The summed E-state index contributed by atoms with van der Waals surface area (Å²) in [5.74, 6) is 1.88. The van der Waals surface area contributed by atoms with Gasteiger partial charge in [-0.1, -0.05) is 66.4 Å². The summed E-state index contributed by atoms with van der Waals surface area (Å²) in [7, 11) is 4.60. The first-order chi connectivity index (χ1) is 21.5. The number of amides is 1. The fourth-order valence-corrected chi connectivity index (χ4v) is 5.21. The second-order valence-electron chi connectivity index (χ2n) is 9.41. The summed E-state index contributed by atoms with van der Waals surface area (Å²) in [5.41, 5.74) is 3.60. The van der Waals surface area contributed by atoms with Crippen molar-refractivity contribution in [1.82, 2.24) is 14.8 Å². The second kappa shape index (κ2) is 14.2. The Morgan fingerprint density at radius 1 is 0.818 bits per heavy atom. The maximum Gasteiger partial charge on any atom is 0.234 e. The van der Waals surface area contributed by atoms with Crippen LogP contribution in [0, 0.1) is 0 Å². The van der Waals surface area contributed by atoms with Gasteiger partial charge in [0.25, 0.3) is 0 Å². The molecule has 0 saturated carbocycles. The Morgan fingerprint density at radius 2 is 1.45 bits per heavy atom. The zero-order chi connectivity index (χ0) is 30.9. The number of ether oxygens (including phenoxy) is 3. The van der Waals surface area contributed by atoms with Gasteiger partial charge in [-0.15, -0.1) is 10.2 Å². The molecule has 0 fully saturated rings. The van der Waals surface area contributed by atoms with Crippen LogP contribution in [0.25, 0.3) is 23.2 Å². The van der Waals surface area contributed by atoms with Gasteiger partial charge in [-0.05, 0) is 60.2 Å². The van der Waals surface area contributed by atoms with Gasteiger partial charge in [0.05, 0.1) is 27.1 Å². The predicted molar refractivity (Wildman–Crippen MR) is 172 cm³/mol. The molecule has 5 aromatic rings. The largest absolute Gasteiger partial charge is 0.493 e. The van der Waals surface area contributed by atoms with Crippen molar-refractivity contribution < 1.29 is 23.8 Å². The Bertz CT molecular complexity index is 1750. The smallest absolute Gasteiger partial charge is 0.234 e. The number of nitrogens with zero attached hydrogens (tertiary/aromatic N) is 3. The van der Waals surface area contributed by atoms with Gasteiger partial charge in [0.2, 0.25) is 11.7 Å². The topological polar surface area (TPSA) is 105 Å². The Hall–Kier alpha value is -5.35. The molecule has 0 atom stereocenters. The molecule has 0 saturated heterocycles. The number of allylic oxidation sites excluding steroid dienone is 1. The van der Waals surface area contributed by atoms with Crippen LogP contribution in [0.15, 0.2) is 108 Å². The molecule has 0 aliphatic carbocycles. The van der Waals surface area contributed by atoms with Crippen LogP contribution in [0.1, 0.15) is 15.9 Å². The molecule has 0 spiro atoms. The number of carbonyl (C=O) groups is 2. The van der Waals surface area contributed by atoms with Crippen molar-refractivity contribution >= 4 is 35.2 Å². The molecule has 10 heteroatoms. The number of aromatic nitrogens is 3. The fourth-order valence-electron chi connectivity index (χ4n) is 4.46. The van der Waals surface area contributed by atoms with Crippen LogP contribution in [-0.4, -0.2) is 53.5 Å². The molecule has 0 bridgehead atoms. The zero-order valence-corrected chi connectivity index (χ0v) is 25.2. The summed E-state index contributed by atoms with van der Waals surface area (Å²) >= 11 is 1.29. The minimum atomic E-state index is -0.208. The molecule has 5 rings (SSSR count). The Kier molecular flexibility index (Phi) is 9.73. The van der Waals surface area contributed by atoms with Crippen molar-refractivity contribution in [3.63, 3.8) is 0 Å². The van der Waals surface area contributed by atoms with Gasteiger partial charge in [0, 0.05) is 22.5 Å². The SMILES string of the molecule is COc1cc(/C=C/C(=O)c2ccc(NC(=O)CSc3nnc(-c4ccccc4)n3-c3ccccc3)cc2)cc(OC)c1OC. The first-order valence-electron chi connectivity index (χ1n) is 13.6. The van der Waals surface area contributed by atoms with E-state index in [9.17, 15) is 9.59 Å². The number of hydrogen-bond acceptors (Lipinski definition) is 8. The standard InChI is InChI=1S/C34H30N4O5S/c1-41-29-20-23(21-30(42-2)32(29)43-3)14-19-28(39)24-15-17-26(18-16-24)35-31(40)22-44-34-37-36-33(25-10-6-4-7-11-25)38(34)27-12-8-5-9-13-27/h4-21H,22H2,1-3H3,(H,35,40)/b19-14+. The Morgan fingerprint density at radius 3 is 2.07 bits per heavy atom. The molecule has 1 amide bonds. The van der Waals surface area contributed by atoms with Crippen LogP contribution in [0.5, 0.6) is 17.2 Å². The summed E-state index contributed by atoms with van der Waals surface area (Å²) in [6, 6.07) is 29.8. The number of methoxy groups -OCH3 is 3. The van der Waals surface area contributed by atoms with Gasteiger partial charge < -0.3 is 19.5 Å². The third-order valence-electron chi connectivity index (χ3n) is 6.58. The van der Waals surface area contributed by atoms with Crippen molar-refractivity contribution in [3.8, 4) is 34.3 Å². The highest BCUT2D eigenvalue weighted by atomic mass is 32.2. The highest BCUT2D eigenvalue weighted by Crippen LogP contribution is 2.38. The number of benzene rings is 4. The summed E-state index contributed by atoms with van der Waals surface area (Å²) in [4.78, 5) is 25.7. The van der Waals surface area contributed by atoms with Crippen LogP contribution in [-0.2, 0) is 4.79 Å².